The van der Waals surface area contributed by atoms with Crippen LogP contribution in [0.1, 0.15) is 49.5 Å². The van der Waals surface area contributed by atoms with E-state index in [1.54, 1.807) is 14.4 Å². The summed E-state index contributed by atoms with van der Waals surface area (Å²) in [6.07, 6.45) is 3.21. The van der Waals surface area contributed by atoms with Crippen molar-refractivity contribution in [2.24, 2.45) is 5.92 Å². The van der Waals surface area contributed by atoms with Gasteiger partial charge in [-0.1, -0.05) is 19.3 Å². The minimum Gasteiger partial charge on any atom is -0.465 e. The third kappa shape index (κ3) is 7.46. The Hall–Kier alpha value is -3.78. The molecular weight excluding hydrogens is 580 g/mol. The Morgan fingerprint density at radius 2 is 1.64 bits per heavy atom. The largest absolute Gasteiger partial charge is 0.465 e. The Balaban J connectivity index is 1.47. The van der Waals surface area contributed by atoms with Gasteiger partial charge >= 0.3 is 6.09 Å². The molecule has 0 spiro atoms. The van der Waals surface area contributed by atoms with Crippen LogP contribution in [-0.2, 0) is 20.9 Å². The van der Waals surface area contributed by atoms with E-state index in [1.165, 1.54) is 20.0 Å². The van der Waals surface area contributed by atoms with E-state index in [9.17, 15) is 33.1 Å². The van der Waals surface area contributed by atoms with Crippen LogP contribution in [0.15, 0.2) is 18.2 Å². The normalized spacial score (nSPS) is 17.4. The molecule has 1 aromatic heterocycles. The summed E-state index contributed by atoms with van der Waals surface area (Å²) >= 11 is 0. The van der Waals surface area contributed by atoms with Gasteiger partial charge in [0.2, 0.25) is 11.8 Å². The number of fused-ring (bicyclic) bond motifs is 1. The molecule has 242 valence electrons. The van der Waals surface area contributed by atoms with E-state index >= 15 is 0 Å². The maximum atomic E-state index is 14.1. The lowest BCUT2D eigenvalue weighted by Gasteiger charge is -2.39. The van der Waals surface area contributed by atoms with Crippen LogP contribution in [0, 0.1) is 17.6 Å². The predicted octanol–water partition coefficient (Wildman–Crippen LogP) is 2.28. The number of piperazine rings is 1. The Kier molecular flexibility index (Phi) is 11.1. The number of hydrogen-bond acceptors (Lipinski definition) is 6. The number of halogens is 2. The summed E-state index contributed by atoms with van der Waals surface area (Å²) in [5, 5.41) is 21.5. The highest BCUT2D eigenvalue weighted by atomic mass is 19.2. The van der Waals surface area contributed by atoms with Crippen LogP contribution >= 0.6 is 0 Å². The number of aromatic nitrogens is 1. The van der Waals surface area contributed by atoms with Crippen LogP contribution in [-0.4, -0.2) is 118 Å². The fourth-order valence-electron chi connectivity index (χ4n) is 5.95. The first-order chi connectivity index (χ1) is 21.0. The number of carbonyl (C=O) groups is 4. The van der Waals surface area contributed by atoms with Crippen LogP contribution in [0.3, 0.4) is 0 Å². The lowest BCUT2D eigenvalue weighted by molar-refractivity contribution is -0.140. The van der Waals surface area contributed by atoms with E-state index < -0.39 is 35.7 Å². The van der Waals surface area contributed by atoms with E-state index in [1.807, 2.05) is 0 Å². The number of likely N-dealkylation sites (N-methyl/N-ethyl adjacent to an activating group) is 1. The number of rotatable bonds is 11. The number of carboxylic acid groups (broad SMARTS) is 1. The minimum atomic E-state index is -1.25. The molecule has 1 saturated carbocycles. The Morgan fingerprint density at radius 3 is 2.27 bits per heavy atom. The molecule has 44 heavy (non-hydrogen) atoms. The highest BCUT2D eigenvalue weighted by Crippen LogP contribution is 2.29. The van der Waals surface area contributed by atoms with Crippen molar-refractivity contribution in [3.63, 3.8) is 0 Å². The molecule has 1 aromatic carbocycles. The van der Waals surface area contributed by atoms with E-state index in [2.05, 4.69) is 5.32 Å². The molecule has 3 N–H and O–H groups in total. The third-order valence-electron chi connectivity index (χ3n) is 8.68. The third-order valence-corrected chi connectivity index (χ3v) is 8.68. The zero-order valence-electron chi connectivity index (χ0n) is 25.1. The molecule has 0 radical (unpaired) electrons. The van der Waals surface area contributed by atoms with Crippen LogP contribution in [0.2, 0.25) is 0 Å². The van der Waals surface area contributed by atoms with Crippen LogP contribution in [0.5, 0.6) is 0 Å². The first-order valence-corrected chi connectivity index (χ1v) is 15.0. The standard InChI is InChI=1S/C30H41F2N5O7/c1-19(34(2)30(42)43)27(39)33-26(20-6-4-3-5-7-20)29(41)36-10-8-35(9-11-36)28(40)25-17-21-16-22(31)23(32)18-24(21)37(25)12-14-44-15-13-38/h16-20,26,38H,3-15H2,1-2H3,(H,33,39)(H,42,43)/t19-,26-/m0/s1. The summed E-state index contributed by atoms with van der Waals surface area (Å²) < 4.78 is 35.0. The molecular formula is C30H41F2N5O7. The van der Waals surface area contributed by atoms with Crippen molar-refractivity contribution in [3.05, 3.63) is 35.5 Å². The van der Waals surface area contributed by atoms with E-state index in [-0.39, 0.29) is 76.0 Å². The van der Waals surface area contributed by atoms with Crippen LogP contribution in [0.25, 0.3) is 10.9 Å². The van der Waals surface area contributed by atoms with Crippen LogP contribution in [0.4, 0.5) is 13.6 Å². The van der Waals surface area contributed by atoms with Gasteiger partial charge in [-0.05, 0) is 37.8 Å². The zero-order valence-corrected chi connectivity index (χ0v) is 25.1. The van der Waals surface area contributed by atoms with Crippen molar-refractivity contribution in [1.82, 2.24) is 24.6 Å². The van der Waals surface area contributed by atoms with Gasteiger partial charge in [-0.25, -0.2) is 13.6 Å². The second-order valence-corrected chi connectivity index (χ2v) is 11.4. The second kappa shape index (κ2) is 14.8. The molecule has 2 atom stereocenters. The summed E-state index contributed by atoms with van der Waals surface area (Å²) in [4.78, 5) is 55.9. The predicted molar refractivity (Wildman–Crippen MR) is 156 cm³/mol. The number of nitrogens with zero attached hydrogens (tertiary/aromatic N) is 4. The van der Waals surface area contributed by atoms with E-state index in [4.69, 9.17) is 9.84 Å². The van der Waals surface area contributed by atoms with Crippen molar-refractivity contribution in [3.8, 4) is 0 Å². The molecule has 4 amide bonds. The first kappa shape index (κ1) is 33.1. The molecule has 2 fully saturated rings. The summed E-state index contributed by atoms with van der Waals surface area (Å²) in [5.41, 5.74) is 0.559. The molecule has 14 heteroatoms. The van der Waals surface area contributed by atoms with Gasteiger partial charge in [0.1, 0.15) is 17.8 Å². The molecule has 2 aliphatic rings. The minimum absolute atomic E-state index is 0.0771. The summed E-state index contributed by atoms with van der Waals surface area (Å²) in [7, 11) is 1.30. The van der Waals surface area contributed by atoms with Gasteiger partial charge in [0.25, 0.3) is 5.91 Å². The number of nitrogens with one attached hydrogen (secondary N) is 1. The van der Waals surface area contributed by atoms with Crippen molar-refractivity contribution in [2.75, 3.05) is 53.0 Å². The number of amides is 4. The van der Waals surface area contributed by atoms with Gasteiger partial charge in [-0.3, -0.25) is 19.3 Å². The maximum absolute atomic E-state index is 14.1. The van der Waals surface area contributed by atoms with Crippen molar-refractivity contribution >= 4 is 34.7 Å². The highest BCUT2D eigenvalue weighted by Gasteiger charge is 2.37. The lowest BCUT2D eigenvalue weighted by Crippen LogP contribution is -2.59. The second-order valence-electron chi connectivity index (χ2n) is 11.4. The van der Waals surface area contributed by atoms with Gasteiger partial charge in [0.15, 0.2) is 11.6 Å². The smallest absolute Gasteiger partial charge is 0.407 e. The summed E-state index contributed by atoms with van der Waals surface area (Å²) in [6.45, 7) is 2.56. The molecule has 12 nitrogen and oxygen atoms in total. The lowest BCUT2D eigenvalue weighted by atomic mass is 9.83. The van der Waals surface area contributed by atoms with E-state index in [0.29, 0.717) is 10.9 Å². The van der Waals surface area contributed by atoms with Gasteiger partial charge < -0.3 is 34.6 Å². The number of carbonyl (C=O) groups excluding carboxylic acids is 3. The van der Waals surface area contributed by atoms with Crippen molar-refractivity contribution in [1.29, 1.82) is 0 Å². The number of aliphatic hydroxyl groups excluding tert-OH is 1. The highest BCUT2D eigenvalue weighted by molar-refractivity contribution is 5.99. The topological polar surface area (TPSA) is 145 Å². The van der Waals surface area contributed by atoms with Gasteiger partial charge in [-0.15, -0.1) is 0 Å². The fourth-order valence-corrected chi connectivity index (χ4v) is 5.95. The average molecular weight is 622 g/mol. The van der Waals surface area contributed by atoms with Gasteiger partial charge in [0, 0.05) is 51.2 Å². The zero-order chi connectivity index (χ0) is 32.0. The van der Waals surface area contributed by atoms with Gasteiger partial charge in [0.05, 0.1) is 25.3 Å². The molecule has 2 heterocycles. The molecule has 0 unspecified atom stereocenters. The van der Waals surface area contributed by atoms with Crippen LogP contribution < -0.4 is 5.32 Å². The fraction of sp³-hybridized carbons (Fsp3) is 0.600. The summed E-state index contributed by atoms with van der Waals surface area (Å²) in [5.74, 6) is -3.31. The molecule has 2 aromatic rings. The Labute approximate surface area is 254 Å². The van der Waals surface area contributed by atoms with E-state index in [0.717, 1.165) is 49.1 Å². The number of hydrogen-bond donors (Lipinski definition) is 3. The Morgan fingerprint density at radius 1 is 1.00 bits per heavy atom. The maximum Gasteiger partial charge on any atom is 0.407 e. The summed E-state index contributed by atoms with van der Waals surface area (Å²) in [6, 6.07) is 1.80. The number of benzene rings is 1. The SMILES string of the molecule is C[C@@H](C(=O)N[C@H](C(=O)N1CCN(C(=O)c2cc3cc(F)c(F)cc3n2CCOCCO)CC1)C1CCCCC1)N(C)C(=O)O. The quantitative estimate of drug-likeness (QED) is 0.327. The van der Waals surface area contributed by atoms with Crippen molar-refractivity contribution in [2.45, 2.75) is 57.7 Å². The monoisotopic (exact) mass is 621 g/mol. The Bertz CT molecular complexity index is 1350. The van der Waals surface area contributed by atoms with Gasteiger partial charge in [-0.2, -0.15) is 0 Å². The molecule has 4 rings (SSSR count). The average Bonchev–Trinajstić information content (AvgIpc) is 3.37. The molecule has 1 saturated heterocycles. The molecule has 1 aliphatic carbocycles. The molecule has 1 aliphatic heterocycles. The number of aliphatic hydroxyl groups is 1. The first-order valence-electron chi connectivity index (χ1n) is 15.0. The molecule has 0 bridgehead atoms. The van der Waals surface area contributed by atoms with Crippen molar-refractivity contribution < 1.29 is 42.9 Å². The number of ether oxygens (including phenoxy) is 1.